The highest BCUT2D eigenvalue weighted by Crippen LogP contribution is 2.30. The Balaban J connectivity index is 2.14. The lowest BCUT2D eigenvalue weighted by molar-refractivity contribution is -0.137. The predicted octanol–water partition coefficient (Wildman–Crippen LogP) is 4.44. The van der Waals surface area contributed by atoms with Gasteiger partial charge in [-0.15, -0.1) is 0 Å². The molecular formula is C16H12ClF4NO2. The van der Waals surface area contributed by atoms with E-state index in [4.69, 9.17) is 16.3 Å². The van der Waals surface area contributed by atoms with Gasteiger partial charge in [0.05, 0.1) is 23.3 Å². The highest BCUT2D eigenvalue weighted by Gasteiger charge is 2.31. The van der Waals surface area contributed by atoms with E-state index in [2.05, 4.69) is 5.32 Å². The molecule has 0 fully saturated rings. The van der Waals surface area contributed by atoms with Crippen LogP contribution in [0.4, 0.5) is 17.6 Å². The van der Waals surface area contributed by atoms with Crippen molar-refractivity contribution in [3.63, 3.8) is 0 Å². The molecule has 0 atom stereocenters. The molecule has 0 bridgehead atoms. The topological polar surface area (TPSA) is 38.3 Å². The standard InChI is InChI=1S/C16H12ClF4NO2/c1-24-14-5-2-9(6-12(14)17)8-22-15(23)11-7-10(16(19,20)21)3-4-13(11)18/h2-7H,8H2,1H3,(H,22,23). The number of halogens is 5. The highest BCUT2D eigenvalue weighted by molar-refractivity contribution is 6.32. The second-order valence-electron chi connectivity index (χ2n) is 4.84. The molecule has 1 amide bonds. The number of amides is 1. The van der Waals surface area contributed by atoms with Crippen LogP contribution in [0, 0.1) is 5.82 Å². The molecule has 0 saturated carbocycles. The molecule has 0 aliphatic rings. The summed E-state index contributed by atoms with van der Waals surface area (Å²) in [6.07, 6.45) is -4.66. The molecule has 128 valence electrons. The zero-order valence-electron chi connectivity index (χ0n) is 12.4. The minimum atomic E-state index is -4.66. The molecule has 0 heterocycles. The molecule has 0 aliphatic heterocycles. The van der Waals surface area contributed by atoms with Gasteiger partial charge in [-0.1, -0.05) is 17.7 Å². The monoisotopic (exact) mass is 361 g/mol. The van der Waals surface area contributed by atoms with Crippen molar-refractivity contribution in [1.82, 2.24) is 5.32 Å². The minimum Gasteiger partial charge on any atom is -0.495 e. The summed E-state index contributed by atoms with van der Waals surface area (Å²) in [6.45, 7) is -0.0295. The summed E-state index contributed by atoms with van der Waals surface area (Å²) < 4.78 is 56.6. The van der Waals surface area contributed by atoms with Gasteiger partial charge in [-0.25, -0.2) is 4.39 Å². The fourth-order valence-corrected chi connectivity index (χ4v) is 2.25. The lowest BCUT2D eigenvalue weighted by atomic mass is 10.1. The molecule has 2 aromatic rings. The molecule has 8 heteroatoms. The van der Waals surface area contributed by atoms with Gasteiger partial charge >= 0.3 is 6.18 Å². The fourth-order valence-electron chi connectivity index (χ4n) is 1.97. The Labute approximate surface area is 140 Å². The minimum absolute atomic E-state index is 0.0295. The van der Waals surface area contributed by atoms with Crippen molar-refractivity contribution in [2.75, 3.05) is 7.11 Å². The van der Waals surface area contributed by atoms with E-state index in [1.807, 2.05) is 0 Å². The number of ether oxygens (including phenoxy) is 1. The summed E-state index contributed by atoms with van der Waals surface area (Å²) in [5.74, 6) is -1.55. The second kappa shape index (κ2) is 7.09. The normalized spacial score (nSPS) is 11.2. The number of carbonyl (C=O) groups excluding carboxylic acids is 1. The molecule has 2 rings (SSSR count). The number of nitrogens with one attached hydrogen (secondary N) is 1. The average molecular weight is 362 g/mol. The van der Waals surface area contributed by atoms with Crippen LogP contribution in [-0.4, -0.2) is 13.0 Å². The number of methoxy groups -OCH3 is 1. The number of carbonyl (C=O) groups is 1. The van der Waals surface area contributed by atoms with Crippen LogP contribution in [0.25, 0.3) is 0 Å². The maximum Gasteiger partial charge on any atom is 0.416 e. The molecule has 0 radical (unpaired) electrons. The third kappa shape index (κ3) is 4.17. The van der Waals surface area contributed by atoms with E-state index in [0.717, 1.165) is 0 Å². The smallest absolute Gasteiger partial charge is 0.416 e. The Morgan fingerprint density at radius 1 is 1.21 bits per heavy atom. The number of benzene rings is 2. The van der Waals surface area contributed by atoms with Gasteiger partial charge in [0.2, 0.25) is 0 Å². The summed E-state index contributed by atoms with van der Waals surface area (Å²) in [5.41, 5.74) is -1.19. The largest absolute Gasteiger partial charge is 0.495 e. The van der Waals surface area contributed by atoms with Gasteiger partial charge < -0.3 is 10.1 Å². The van der Waals surface area contributed by atoms with Crippen molar-refractivity contribution in [2.24, 2.45) is 0 Å². The van der Waals surface area contributed by atoms with E-state index < -0.39 is 29.0 Å². The summed E-state index contributed by atoms with van der Waals surface area (Å²) in [5, 5.41) is 2.67. The van der Waals surface area contributed by atoms with Crippen molar-refractivity contribution in [3.05, 3.63) is 63.9 Å². The third-order valence-corrected chi connectivity index (χ3v) is 3.50. The van der Waals surface area contributed by atoms with E-state index in [0.29, 0.717) is 34.5 Å². The van der Waals surface area contributed by atoms with E-state index in [1.54, 1.807) is 12.1 Å². The molecule has 2 aromatic carbocycles. The highest BCUT2D eigenvalue weighted by atomic mass is 35.5. The van der Waals surface area contributed by atoms with E-state index >= 15 is 0 Å². The molecular weight excluding hydrogens is 350 g/mol. The van der Waals surface area contributed by atoms with Crippen LogP contribution in [0.3, 0.4) is 0 Å². The first-order valence-electron chi connectivity index (χ1n) is 6.69. The maximum absolute atomic E-state index is 13.6. The Morgan fingerprint density at radius 3 is 2.50 bits per heavy atom. The Bertz CT molecular complexity index is 762. The Morgan fingerprint density at radius 2 is 1.92 bits per heavy atom. The van der Waals surface area contributed by atoms with Crippen molar-refractivity contribution in [3.8, 4) is 5.75 Å². The van der Waals surface area contributed by atoms with Gasteiger partial charge in [0, 0.05) is 6.54 Å². The van der Waals surface area contributed by atoms with E-state index in [-0.39, 0.29) is 6.54 Å². The molecule has 0 saturated heterocycles. The van der Waals surface area contributed by atoms with Gasteiger partial charge in [0.15, 0.2) is 0 Å². The van der Waals surface area contributed by atoms with Crippen molar-refractivity contribution >= 4 is 17.5 Å². The van der Waals surface area contributed by atoms with Gasteiger partial charge in [0.1, 0.15) is 11.6 Å². The summed E-state index contributed by atoms with van der Waals surface area (Å²) in [7, 11) is 1.44. The molecule has 0 aromatic heterocycles. The van der Waals surface area contributed by atoms with Crippen molar-refractivity contribution in [2.45, 2.75) is 12.7 Å². The Kier molecular flexibility index (Phi) is 5.33. The van der Waals surface area contributed by atoms with Gasteiger partial charge in [-0.05, 0) is 35.9 Å². The number of alkyl halides is 3. The van der Waals surface area contributed by atoms with Crippen LogP contribution >= 0.6 is 11.6 Å². The van der Waals surface area contributed by atoms with Crippen molar-refractivity contribution in [1.29, 1.82) is 0 Å². The van der Waals surface area contributed by atoms with Crippen LogP contribution in [0.2, 0.25) is 5.02 Å². The summed E-state index contributed by atoms with van der Waals surface area (Å²) in [4.78, 5) is 11.9. The molecule has 1 N–H and O–H groups in total. The number of hydrogen-bond donors (Lipinski definition) is 1. The molecule has 3 nitrogen and oxygen atoms in total. The van der Waals surface area contributed by atoms with Crippen molar-refractivity contribution < 1.29 is 27.1 Å². The average Bonchev–Trinajstić information content (AvgIpc) is 2.52. The van der Waals surface area contributed by atoms with Gasteiger partial charge in [0.25, 0.3) is 5.91 Å². The first kappa shape index (κ1) is 18.1. The zero-order chi connectivity index (χ0) is 17.9. The second-order valence-corrected chi connectivity index (χ2v) is 5.25. The summed E-state index contributed by atoms with van der Waals surface area (Å²) in [6, 6.07) is 6.40. The number of hydrogen-bond acceptors (Lipinski definition) is 2. The molecule has 24 heavy (non-hydrogen) atoms. The van der Waals surface area contributed by atoms with Crippen LogP contribution in [-0.2, 0) is 12.7 Å². The van der Waals surface area contributed by atoms with Gasteiger partial charge in [-0.2, -0.15) is 13.2 Å². The van der Waals surface area contributed by atoms with Crippen LogP contribution in [0.5, 0.6) is 5.75 Å². The van der Waals surface area contributed by atoms with E-state index in [9.17, 15) is 22.4 Å². The van der Waals surface area contributed by atoms with Gasteiger partial charge in [-0.3, -0.25) is 4.79 Å². The SMILES string of the molecule is COc1ccc(CNC(=O)c2cc(C(F)(F)F)ccc2F)cc1Cl. The lowest BCUT2D eigenvalue weighted by Crippen LogP contribution is -2.24. The predicted molar refractivity (Wildman–Crippen MR) is 80.6 cm³/mol. The maximum atomic E-state index is 13.6. The zero-order valence-corrected chi connectivity index (χ0v) is 13.1. The fraction of sp³-hybridized carbons (Fsp3) is 0.188. The van der Waals surface area contributed by atoms with Crippen LogP contribution < -0.4 is 10.1 Å². The lowest BCUT2D eigenvalue weighted by Gasteiger charge is -2.11. The number of rotatable bonds is 4. The first-order chi connectivity index (χ1) is 11.2. The third-order valence-electron chi connectivity index (χ3n) is 3.21. The molecule has 0 aliphatic carbocycles. The summed E-state index contributed by atoms with van der Waals surface area (Å²) >= 11 is 5.94. The first-order valence-corrected chi connectivity index (χ1v) is 7.07. The van der Waals surface area contributed by atoms with Crippen LogP contribution in [0.15, 0.2) is 36.4 Å². The Hall–Kier alpha value is -2.28. The quantitative estimate of drug-likeness (QED) is 0.818. The van der Waals surface area contributed by atoms with E-state index in [1.165, 1.54) is 13.2 Å². The molecule has 0 unspecified atom stereocenters. The van der Waals surface area contributed by atoms with Crippen LogP contribution in [0.1, 0.15) is 21.5 Å². The molecule has 0 spiro atoms.